The van der Waals surface area contributed by atoms with E-state index in [1.165, 1.54) is 0 Å². The normalized spacial score (nSPS) is 16.0. The summed E-state index contributed by atoms with van der Waals surface area (Å²) in [5, 5.41) is 0. The topological polar surface area (TPSA) is 52.6 Å². The molecule has 1 aliphatic rings. The van der Waals surface area contributed by atoms with Crippen LogP contribution in [-0.2, 0) is 14.6 Å². The molecule has 0 spiro atoms. The quantitative estimate of drug-likeness (QED) is 0.730. The van der Waals surface area contributed by atoms with Crippen molar-refractivity contribution in [3.63, 3.8) is 0 Å². The average molecular weight is 411 g/mol. The molecular weight excluding hydrogens is 392 g/mol. The number of sulfone groups is 1. The predicted molar refractivity (Wildman–Crippen MR) is 96.3 cm³/mol. The van der Waals surface area contributed by atoms with Crippen molar-refractivity contribution in [3.05, 3.63) is 53.0 Å². The van der Waals surface area contributed by atoms with E-state index in [0.29, 0.717) is 29.6 Å². The second-order valence-corrected chi connectivity index (χ2v) is 8.81. The van der Waals surface area contributed by atoms with E-state index in [1.807, 2.05) is 24.3 Å². The fourth-order valence-electron chi connectivity index (χ4n) is 2.67. The van der Waals surface area contributed by atoms with Crippen LogP contribution in [0.5, 0.6) is 11.5 Å². The van der Waals surface area contributed by atoms with Crippen LogP contribution in [0.15, 0.2) is 57.9 Å². The Balaban J connectivity index is 1.67. The molecule has 1 fully saturated rings. The minimum Gasteiger partial charge on any atom is -0.457 e. The number of rotatable bonds is 5. The molecule has 1 aliphatic heterocycles. The molecule has 0 N–H and O–H groups in total. The van der Waals surface area contributed by atoms with Gasteiger partial charge in [0.25, 0.3) is 0 Å². The van der Waals surface area contributed by atoms with Crippen LogP contribution in [-0.4, -0.2) is 27.4 Å². The lowest BCUT2D eigenvalue weighted by Crippen LogP contribution is -2.23. The smallest absolute Gasteiger partial charge is 0.178 e. The zero-order valence-electron chi connectivity index (χ0n) is 13.2. The van der Waals surface area contributed by atoms with Gasteiger partial charge in [-0.25, -0.2) is 8.42 Å². The van der Waals surface area contributed by atoms with Crippen LogP contribution in [0.2, 0.25) is 0 Å². The molecule has 6 heteroatoms. The Kier molecular flexibility index (Phi) is 5.58. The van der Waals surface area contributed by atoms with E-state index in [2.05, 4.69) is 15.9 Å². The van der Waals surface area contributed by atoms with Crippen molar-refractivity contribution in [1.82, 2.24) is 0 Å². The largest absolute Gasteiger partial charge is 0.457 e. The van der Waals surface area contributed by atoms with Gasteiger partial charge in [-0.3, -0.25) is 0 Å². The molecule has 4 nitrogen and oxygen atoms in total. The van der Waals surface area contributed by atoms with E-state index < -0.39 is 9.84 Å². The highest BCUT2D eigenvalue weighted by Crippen LogP contribution is 2.26. The summed E-state index contributed by atoms with van der Waals surface area (Å²) in [6.07, 6.45) is 1.62. The first-order valence-electron chi connectivity index (χ1n) is 7.87. The number of ether oxygens (including phenoxy) is 2. The van der Waals surface area contributed by atoms with Crippen molar-refractivity contribution >= 4 is 25.8 Å². The predicted octanol–water partition coefficient (Wildman–Crippen LogP) is 4.44. The molecule has 0 atom stereocenters. The van der Waals surface area contributed by atoms with Gasteiger partial charge >= 0.3 is 0 Å². The monoisotopic (exact) mass is 410 g/mol. The van der Waals surface area contributed by atoms with Gasteiger partial charge in [0.05, 0.1) is 10.6 Å². The zero-order chi connectivity index (χ0) is 17.0. The van der Waals surface area contributed by atoms with E-state index >= 15 is 0 Å². The summed E-state index contributed by atoms with van der Waals surface area (Å²) in [6.45, 7) is 1.31. The Morgan fingerprint density at radius 2 is 1.50 bits per heavy atom. The highest BCUT2D eigenvalue weighted by molar-refractivity contribution is 9.10. The highest BCUT2D eigenvalue weighted by Gasteiger charge is 2.23. The Morgan fingerprint density at radius 3 is 2.08 bits per heavy atom. The van der Waals surface area contributed by atoms with Crippen LogP contribution in [0.4, 0.5) is 0 Å². The maximum atomic E-state index is 12.5. The summed E-state index contributed by atoms with van der Waals surface area (Å²) in [4.78, 5) is 0.345. The van der Waals surface area contributed by atoms with Crippen LogP contribution in [0, 0.1) is 5.92 Å². The second-order valence-electron chi connectivity index (χ2n) is 5.86. The molecule has 2 aromatic rings. The van der Waals surface area contributed by atoms with E-state index in [9.17, 15) is 8.42 Å². The van der Waals surface area contributed by atoms with Gasteiger partial charge in [0.1, 0.15) is 11.5 Å². The van der Waals surface area contributed by atoms with Crippen LogP contribution < -0.4 is 4.74 Å². The molecule has 0 saturated carbocycles. The van der Waals surface area contributed by atoms with Crippen LogP contribution in [0.3, 0.4) is 0 Å². The summed E-state index contributed by atoms with van der Waals surface area (Å²) in [5.41, 5.74) is 0. The van der Waals surface area contributed by atoms with Gasteiger partial charge < -0.3 is 9.47 Å². The fraction of sp³-hybridized carbons (Fsp3) is 0.333. The maximum Gasteiger partial charge on any atom is 0.178 e. The van der Waals surface area contributed by atoms with E-state index in [0.717, 1.165) is 17.3 Å². The first kappa shape index (κ1) is 17.5. The minimum absolute atomic E-state index is 0.183. The van der Waals surface area contributed by atoms with Crippen molar-refractivity contribution in [2.75, 3.05) is 19.0 Å². The molecule has 2 aromatic carbocycles. The second kappa shape index (κ2) is 7.68. The van der Waals surface area contributed by atoms with Gasteiger partial charge in [-0.15, -0.1) is 0 Å². The summed E-state index contributed by atoms with van der Waals surface area (Å²) in [5.74, 6) is 1.68. The highest BCUT2D eigenvalue weighted by atomic mass is 79.9. The van der Waals surface area contributed by atoms with Gasteiger partial charge in [0.15, 0.2) is 9.84 Å². The van der Waals surface area contributed by atoms with Gasteiger partial charge in [0.2, 0.25) is 0 Å². The summed E-state index contributed by atoms with van der Waals surface area (Å²) >= 11 is 3.37. The molecule has 0 aliphatic carbocycles. The Bertz CT molecular complexity index is 764. The lowest BCUT2D eigenvalue weighted by Gasteiger charge is -2.21. The third-order valence-electron chi connectivity index (χ3n) is 4.03. The summed E-state index contributed by atoms with van der Waals surface area (Å²) < 4.78 is 37.0. The number of hydrogen-bond donors (Lipinski definition) is 0. The van der Waals surface area contributed by atoms with Crippen molar-refractivity contribution in [2.45, 2.75) is 17.7 Å². The summed E-state index contributed by atoms with van der Waals surface area (Å²) in [7, 11) is -3.27. The molecule has 1 heterocycles. The third-order valence-corrected chi connectivity index (χ3v) is 6.46. The number of hydrogen-bond acceptors (Lipinski definition) is 4. The lowest BCUT2D eigenvalue weighted by molar-refractivity contribution is 0.0723. The van der Waals surface area contributed by atoms with Crippen molar-refractivity contribution < 1.29 is 17.9 Å². The van der Waals surface area contributed by atoms with E-state index in [4.69, 9.17) is 9.47 Å². The first-order valence-corrected chi connectivity index (χ1v) is 10.3. The molecule has 0 bridgehead atoms. The van der Waals surface area contributed by atoms with Crippen LogP contribution in [0.1, 0.15) is 12.8 Å². The molecule has 0 aromatic heterocycles. The van der Waals surface area contributed by atoms with Crippen molar-refractivity contribution in [2.24, 2.45) is 5.92 Å². The van der Waals surface area contributed by atoms with Crippen LogP contribution in [0.25, 0.3) is 0 Å². The maximum absolute atomic E-state index is 12.5. The Labute approximate surface area is 150 Å². The molecule has 128 valence electrons. The molecule has 3 rings (SSSR count). The standard InChI is InChI=1S/C18H19BrO4S/c19-15-1-3-16(4-2-15)23-17-5-7-18(8-6-17)24(20,21)13-14-9-11-22-12-10-14/h1-8,14H,9-13H2. The van der Waals surface area contributed by atoms with Gasteiger partial charge in [-0.05, 0) is 67.3 Å². The SMILES string of the molecule is O=S(=O)(CC1CCOCC1)c1ccc(Oc2ccc(Br)cc2)cc1. The van der Waals surface area contributed by atoms with Crippen molar-refractivity contribution in [3.8, 4) is 11.5 Å². The van der Waals surface area contributed by atoms with E-state index in [-0.39, 0.29) is 11.7 Å². The Morgan fingerprint density at radius 1 is 0.958 bits per heavy atom. The third kappa shape index (κ3) is 4.59. The zero-order valence-corrected chi connectivity index (χ0v) is 15.6. The van der Waals surface area contributed by atoms with Gasteiger partial charge in [-0.2, -0.15) is 0 Å². The minimum atomic E-state index is -3.27. The van der Waals surface area contributed by atoms with Gasteiger partial charge in [-0.1, -0.05) is 15.9 Å². The number of benzene rings is 2. The van der Waals surface area contributed by atoms with Crippen molar-refractivity contribution in [1.29, 1.82) is 0 Å². The number of halogens is 1. The van der Waals surface area contributed by atoms with Crippen LogP contribution >= 0.6 is 15.9 Å². The lowest BCUT2D eigenvalue weighted by atomic mass is 10.0. The molecule has 0 radical (unpaired) electrons. The fourth-order valence-corrected chi connectivity index (χ4v) is 4.63. The Hall–Kier alpha value is -1.37. The molecule has 24 heavy (non-hydrogen) atoms. The average Bonchev–Trinajstić information content (AvgIpc) is 2.58. The molecule has 0 amide bonds. The van der Waals surface area contributed by atoms with E-state index in [1.54, 1.807) is 24.3 Å². The van der Waals surface area contributed by atoms with Gasteiger partial charge in [0, 0.05) is 17.7 Å². The molecule has 0 unspecified atom stereocenters. The first-order chi connectivity index (χ1) is 11.5. The molecular formula is C18H19BrO4S. The summed E-state index contributed by atoms with van der Waals surface area (Å²) in [6, 6.07) is 14.1. The molecule has 1 saturated heterocycles.